The van der Waals surface area contributed by atoms with Gasteiger partial charge in [-0.3, -0.25) is 23.6 Å². The molecule has 3 amide bonds. The maximum absolute atomic E-state index is 13.7. The number of hydrogen-bond acceptors (Lipinski definition) is 9. The van der Waals surface area contributed by atoms with E-state index in [4.69, 9.17) is 9.47 Å². The highest BCUT2D eigenvalue weighted by atomic mass is 16.5. The minimum Gasteiger partial charge on any atom is -0.493 e. The fourth-order valence-corrected chi connectivity index (χ4v) is 5.72. The molecule has 4 aromatic rings. The number of hydrogen-bond donors (Lipinski definition) is 2. The van der Waals surface area contributed by atoms with E-state index < -0.39 is 23.5 Å². The molecule has 2 aromatic carbocycles. The molecule has 1 atom stereocenters. The van der Waals surface area contributed by atoms with Crippen LogP contribution in [-0.4, -0.2) is 86.6 Å². The molecule has 0 spiro atoms. The number of rotatable bonds is 6. The second-order valence-electron chi connectivity index (χ2n) is 11.9. The highest BCUT2D eigenvalue weighted by molar-refractivity contribution is 6.00. The molecule has 14 heteroatoms. The second kappa shape index (κ2) is 16.5. The number of carbonyl (C=O) groups is 3. The number of benzene rings is 2. The molecule has 3 heterocycles. The van der Waals surface area contributed by atoms with Gasteiger partial charge < -0.3 is 25.0 Å². The van der Waals surface area contributed by atoms with Gasteiger partial charge in [0.15, 0.2) is 11.5 Å². The number of fused-ring (bicyclic) bond motifs is 3. The number of aromatic nitrogens is 5. The summed E-state index contributed by atoms with van der Waals surface area (Å²) in [5.41, 5.74) is 2.76. The molecule has 1 aliphatic rings. The van der Waals surface area contributed by atoms with Crippen molar-refractivity contribution in [3.05, 3.63) is 99.5 Å². The Labute approximate surface area is 284 Å². The van der Waals surface area contributed by atoms with E-state index in [9.17, 15) is 19.2 Å². The number of nitrogens with zero attached hydrogens (tertiary/aromatic N) is 6. The first-order valence-electron chi connectivity index (χ1n) is 16.4. The molecule has 2 N–H and O–H groups in total. The Morgan fingerprint density at radius 2 is 1.86 bits per heavy atom. The van der Waals surface area contributed by atoms with Gasteiger partial charge in [0.25, 0.3) is 5.91 Å². The fourth-order valence-electron chi connectivity index (χ4n) is 5.72. The number of nitrogens with one attached hydrogen (secondary N) is 2. The van der Waals surface area contributed by atoms with Crippen molar-refractivity contribution < 1.29 is 23.9 Å². The molecule has 0 aliphatic carbocycles. The first kappa shape index (κ1) is 34.8. The average Bonchev–Trinajstić information content (AvgIpc) is 3.54. The monoisotopic (exact) mass is 670 g/mol. The topological polar surface area (TPSA) is 163 Å². The Kier molecular flexibility index (Phi) is 11.7. The highest BCUT2D eigenvalue weighted by Gasteiger charge is 2.26. The van der Waals surface area contributed by atoms with Gasteiger partial charge in [0.1, 0.15) is 6.04 Å². The van der Waals surface area contributed by atoms with Crippen LogP contribution in [0.2, 0.25) is 0 Å². The van der Waals surface area contributed by atoms with Gasteiger partial charge in [0.2, 0.25) is 11.8 Å². The number of ether oxygens (including phenoxy) is 2. The summed E-state index contributed by atoms with van der Waals surface area (Å²) in [5, 5.41) is 14.3. The van der Waals surface area contributed by atoms with Gasteiger partial charge >= 0.3 is 5.69 Å². The molecule has 0 fully saturated rings. The molecule has 5 rings (SSSR count). The van der Waals surface area contributed by atoms with Crippen LogP contribution < -0.4 is 25.8 Å². The fraction of sp³-hybridized carbons (Fsp3) is 0.400. The van der Waals surface area contributed by atoms with Gasteiger partial charge in [0, 0.05) is 76.0 Å². The molecule has 1 aliphatic heterocycles. The standard InChI is InChI=1S/C35H42N8O6/c1-24-21-25(2)43(35(47)37-24)18-14-31(44)41-17-13-27-23-42(40-39-27)16-8-20-49-32-28(11-7-12-30(32)48-3)33(45)38-29(34(46)36-15-19-41)22-26-9-5-4-6-10-26/h4-7,9-12,21,23,29H,8,13-20,22H2,1-3H3,(H,36,46)(H,38,45)/t29-/m0/s1. The minimum atomic E-state index is -0.918. The molecule has 0 unspecified atom stereocenters. The van der Waals surface area contributed by atoms with Gasteiger partial charge in [-0.1, -0.05) is 41.6 Å². The molecule has 2 bridgehead atoms. The van der Waals surface area contributed by atoms with Crippen LogP contribution >= 0.6 is 0 Å². The summed E-state index contributed by atoms with van der Waals surface area (Å²) in [6.07, 6.45) is 3.16. The molecule has 49 heavy (non-hydrogen) atoms. The SMILES string of the molecule is COc1cccc2c1OCCCn1cc(nn1)CCN(C(=O)CCn1c(C)cc(C)nc1=O)CCNC(=O)[C@H](Cc1ccccc1)NC2=O. The smallest absolute Gasteiger partial charge is 0.347 e. The van der Waals surface area contributed by atoms with Crippen molar-refractivity contribution >= 4 is 17.7 Å². The van der Waals surface area contributed by atoms with Crippen LogP contribution in [-0.2, 0) is 35.5 Å². The van der Waals surface area contributed by atoms with Crippen molar-refractivity contribution in [1.29, 1.82) is 0 Å². The van der Waals surface area contributed by atoms with Crippen LogP contribution in [0.3, 0.4) is 0 Å². The average molecular weight is 671 g/mol. The van der Waals surface area contributed by atoms with E-state index in [1.807, 2.05) is 43.5 Å². The van der Waals surface area contributed by atoms with Crippen molar-refractivity contribution in [2.24, 2.45) is 0 Å². The van der Waals surface area contributed by atoms with Crippen molar-refractivity contribution in [2.75, 3.05) is 33.4 Å². The van der Waals surface area contributed by atoms with E-state index in [-0.39, 0.29) is 56.3 Å². The quantitative estimate of drug-likeness (QED) is 0.312. The van der Waals surface area contributed by atoms with Crippen molar-refractivity contribution in [3.8, 4) is 11.5 Å². The van der Waals surface area contributed by atoms with E-state index in [1.54, 1.807) is 40.8 Å². The third-order valence-corrected chi connectivity index (χ3v) is 8.28. The summed E-state index contributed by atoms with van der Waals surface area (Å²) in [6.45, 7) is 5.20. The normalized spacial score (nSPS) is 16.2. The summed E-state index contributed by atoms with van der Waals surface area (Å²) >= 11 is 0. The largest absolute Gasteiger partial charge is 0.493 e. The third-order valence-electron chi connectivity index (χ3n) is 8.28. The van der Waals surface area contributed by atoms with Crippen LogP contribution in [0.5, 0.6) is 11.5 Å². The molecule has 0 saturated heterocycles. The zero-order valence-electron chi connectivity index (χ0n) is 28.1. The second-order valence-corrected chi connectivity index (χ2v) is 11.9. The summed E-state index contributed by atoms with van der Waals surface area (Å²) in [5.74, 6) is -0.391. The van der Waals surface area contributed by atoms with E-state index in [1.165, 1.54) is 11.7 Å². The van der Waals surface area contributed by atoms with Crippen molar-refractivity contribution in [3.63, 3.8) is 0 Å². The maximum Gasteiger partial charge on any atom is 0.347 e. The van der Waals surface area contributed by atoms with Crippen LogP contribution in [0.15, 0.2) is 65.6 Å². The lowest BCUT2D eigenvalue weighted by Gasteiger charge is -2.24. The number of methoxy groups -OCH3 is 1. The van der Waals surface area contributed by atoms with Crippen molar-refractivity contribution in [1.82, 2.24) is 40.1 Å². The predicted octanol–water partition coefficient (Wildman–Crippen LogP) is 1.86. The molecule has 2 aromatic heterocycles. The van der Waals surface area contributed by atoms with Gasteiger partial charge in [0.05, 0.1) is 25.0 Å². The third kappa shape index (κ3) is 9.30. The van der Waals surface area contributed by atoms with E-state index >= 15 is 0 Å². The zero-order chi connectivity index (χ0) is 34.8. The number of para-hydroxylation sites is 1. The van der Waals surface area contributed by atoms with Gasteiger partial charge in [-0.15, -0.1) is 5.10 Å². The summed E-state index contributed by atoms with van der Waals surface area (Å²) in [6, 6.07) is 15.3. The molecular formula is C35H42N8O6. The lowest BCUT2D eigenvalue weighted by atomic mass is 10.0. The van der Waals surface area contributed by atoms with Gasteiger partial charge in [-0.25, -0.2) is 4.79 Å². The van der Waals surface area contributed by atoms with E-state index in [0.29, 0.717) is 43.1 Å². The predicted molar refractivity (Wildman–Crippen MR) is 180 cm³/mol. The van der Waals surface area contributed by atoms with E-state index in [2.05, 4.69) is 25.9 Å². The van der Waals surface area contributed by atoms with Crippen molar-refractivity contribution in [2.45, 2.75) is 58.7 Å². The molecule has 0 saturated carbocycles. The maximum atomic E-state index is 13.7. The van der Waals surface area contributed by atoms with Crippen LogP contribution in [0.4, 0.5) is 0 Å². The Balaban J connectivity index is 1.38. The van der Waals surface area contributed by atoms with E-state index in [0.717, 1.165) is 11.3 Å². The van der Waals surface area contributed by atoms with Gasteiger partial charge in [-0.05, 0) is 37.6 Å². The highest BCUT2D eigenvalue weighted by Crippen LogP contribution is 2.31. The van der Waals surface area contributed by atoms with Crippen LogP contribution in [0.25, 0.3) is 0 Å². The lowest BCUT2D eigenvalue weighted by Crippen LogP contribution is -2.50. The summed E-state index contributed by atoms with van der Waals surface area (Å²) in [4.78, 5) is 59.0. The molecule has 14 nitrogen and oxygen atoms in total. The number of aryl methyl sites for hydroxylation is 3. The lowest BCUT2D eigenvalue weighted by molar-refractivity contribution is -0.132. The first-order chi connectivity index (χ1) is 23.7. The molecule has 0 radical (unpaired) electrons. The van der Waals surface area contributed by atoms with Gasteiger partial charge in [-0.2, -0.15) is 4.98 Å². The van der Waals surface area contributed by atoms with Crippen LogP contribution in [0.1, 0.15) is 45.8 Å². The van der Waals surface area contributed by atoms with Crippen LogP contribution in [0, 0.1) is 13.8 Å². The summed E-state index contributed by atoms with van der Waals surface area (Å²) < 4.78 is 14.8. The zero-order valence-corrected chi connectivity index (χ0v) is 28.1. The molecular weight excluding hydrogens is 628 g/mol. The number of amides is 3. The summed E-state index contributed by atoms with van der Waals surface area (Å²) in [7, 11) is 1.50. The Morgan fingerprint density at radius 1 is 1.04 bits per heavy atom. The Hall–Kier alpha value is -5.53. The first-order valence-corrected chi connectivity index (χ1v) is 16.4. The Morgan fingerprint density at radius 3 is 2.63 bits per heavy atom. The Bertz CT molecular complexity index is 1820. The molecule has 258 valence electrons. The number of carbonyl (C=O) groups excluding carboxylic acids is 3. The minimum absolute atomic E-state index is 0.0711.